The highest BCUT2D eigenvalue weighted by Crippen LogP contribution is 2.22. The molecule has 3 rings (SSSR count). The zero-order valence-corrected chi connectivity index (χ0v) is 8.96. The van der Waals surface area contributed by atoms with E-state index >= 15 is 0 Å². The monoisotopic (exact) mass is 209 g/mol. The Bertz CT molecular complexity index is 626. The standard InChI is InChI=1S/C13H11N3/c1-10-7-14-13-12(8-15-16(13)9-10)11-5-3-2-4-6-11/h2-9H,1H3. The van der Waals surface area contributed by atoms with Crippen LogP contribution in [-0.4, -0.2) is 14.6 Å². The SMILES string of the molecule is Cc1cnc2c(-c3ccccc3)cnn2c1. The van der Waals surface area contributed by atoms with Crippen LogP contribution in [0.3, 0.4) is 0 Å². The molecule has 1 aromatic carbocycles. The van der Waals surface area contributed by atoms with Crippen LogP contribution in [0.15, 0.2) is 48.9 Å². The molecule has 0 N–H and O–H groups in total. The molecule has 0 spiro atoms. The summed E-state index contributed by atoms with van der Waals surface area (Å²) < 4.78 is 1.82. The van der Waals surface area contributed by atoms with E-state index in [9.17, 15) is 0 Å². The van der Waals surface area contributed by atoms with Gasteiger partial charge in [0.25, 0.3) is 0 Å². The molecule has 0 radical (unpaired) electrons. The molecule has 2 heterocycles. The van der Waals surface area contributed by atoms with Crippen LogP contribution in [0.1, 0.15) is 5.56 Å². The number of benzene rings is 1. The van der Waals surface area contributed by atoms with Crippen LogP contribution in [0.5, 0.6) is 0 Å². The van der Waals surface area contributed by atoms with Gasteiger partial charge in [-0.15, -0.1) is 0 Å². The number of aromatic nitrogens is 3. The van der Waals surface area contributed by atoms with E-state index in [-0.39, 0.29) is 0 Å². The molecule has 0 amide bonds. The highest BCUT2D eigenvalue weighted by molar-refractivity contribution is 5.76. The van der Waals surface area contributed by atoms with Crippen molar-refractivity contribution in [3.63, 3.8) is 0 Å². The largest absolute Gasteiger partial charge is 0.236 e. The zero-order chi connectivity index (χ0) is 11.0. The first-order valence-corrected chi connectivity index (χ1v) is 5.20. The summed E-state index contributed by atoms with van der Waals surface area (Å²) in [4.78, 5) is 4.42. The molecule has 0 saturated heterocycles. The molecule has 3 nitrogen and oxygen atoms in total. The van der Waals surface area contributed by atoms with Crippen LogP contribution in [0.25, 0.3) is 16.8 Å². The molecular weight excluding hydrogens is 198 g/mol. The summed E-state index contributed by atoms with van der Waals surface area (Å²) in [6.45, 7) is 2.01. The summed E-state index contributed by atoms with van der Waals surface area (Å²) in [6, 6.07) is 10.2. The predicted octanol–water partition coefficient (Wildman–Crippen LogP) is 2.70. The number of aryl methyl sites for hydroxylation is 1. The van der Waals surface area contributed by atoms with E-state index < -0.39 is 0 Å². The van der Waals surface area contributed by atoms with Gasteiger partial charge in [0.1, 0.15) is 0 Å². The van der Waals surface area contributed by atoms with Crippen molar-refractivity contribution in [1.29, 1.82) is 0 Å². The third kappa shape index (κ3) is 1.37. The topological polar surface area (TPSA) is 30.2 Å². The lowest BCUT2D eigenvalue weighted by Gasteiger charge is -1.98. The maximum atomic E-state index is 4.42. The van der Waals surface area contributed by atoms with Crippen LogP contribution >= 0.6 is 0 Å². The van der Waals surface area contributed by atoms with Crippen molar-refractivity contribution in [3.05, 3.63) is 54.5 Å². The minimum Gasteiger partial charge on any atom is -0.236 e. The third-order valence-electron chi connectivity index (χ3n) is 2.57. The molecule has 0 bridgehead atoms. The zero-order valence-electron chi connectivity index (χ0n) is 8.96. The molecule has 0 fully saturated rings. The normalized spacial score (nSPS) is 10.8. The fraction of sp³-hybridized carbons (Fsp3) is 0.0769. The number of fused-ring (bicyclic) bond motifs is 1. The molecule has 0 saturated carbocycles. The Morgan fingerprint density at radius 1 is 1.06 bits per heavy atom. The average molecular weight is 209 g/mol. The molecule has 2 aromatic heterocycles. The summed E-state index contributed by atoms with van der Waals surface area (Å²) >= 11 is 0. The lowest BCUT2D eigenvalue weighted by atomic mass is 10.1. The van der Waals surface area contributed by atoms with E-state index in [1.165, 1.54) is 0 Å². The number of hydrogen-bond donors (Lipinski definition) is 0. The molecule has 0 atom stereocenters. The van der Waals surface area contributed by atoms with Crippen molar-refractivity contribution in [3.8, 4) is 11.1 Å². The van der Waals surface area contributed by atoms with Crippen LogP contribution in [0, 0.1) is 6.92 Å². The van der Waals surface area contributed by atoms with Gasteiger partial charge in [-0.25, -0.2) is 9.50 Å². The summed E-state index contributed by atoms with van der Waals surface area (Å²) in [5.74, 6) is 0. The van der Waals surface area contributed by atoms with Gasteiger partial charge in [0, 0.05) is 18.0 Å². The van der Waals surface area contributed by atoms with Crippen LogP contribution < -0.4 is 0 Å². The van der Waals surface area contributed by atoms with Crippen molar-refractivity contribution in [1.82, 2.24) is 14.6 Å². The fourth-order valence-corrected chi connectivity index (χ4v) is 1.79. The molecule has 0 aliphatic carbocycles. The van der Waals surface area contributed by atoms with Gasteiger partial charge < -0.3 is 0 Å². The lowest BCUT2D eigenvalue weighted by molar-refractivity contribution is 0.928. The summed E-state index contributed by atoms with van der Waals surface area (Å²) in [5.41, 5.74) is 4.22. The predicted molar refractivity (Wildman–Crippen MR) is 63.2 cm³/mol. The Morgan fingerprint density at radius 3 is 2.69 bits per heavy atom. The minimum atomic E-state index is 0.900. The van der Waals surface area contributed by atoms with Gasteiger partial charge in [-0.2, -0.15) is 5.10 Å². The average Bonchev–Trinajstić information content (AvgIpc) is 2.73. The Kier molecular flexibility index (Phi) is 1.96. The maximum Gasteiger partial charge on any atom is 0.162 e. The second-order valence-corrected chi connectivity index (χ2v) is 3.82. The van der Waals surface area contributed by atoms with Crippen LogP contribution in [-0.2, 0) is 0 Å². The minimum absolute atomic E-state index is 0.900. The van der Waals surface area contributed by atoms with Gasteiger partial charge in [0.05, 0.1) is 6.20 Å². The Morgan fingerprint density at radius 2 is 1.88 bits per heavy atom. The number of hydrogen-bond acceptors (Lipinski definition) is 2. The first-order chi connectivity index (χ1) is 7.84. The summed E-state index contributed by atoms with van der Waals surface area (Å²) in [7, 11) is 0. The highest BCUT2D eigenvalue weighted by Gasteiger charge is 2.06. The van der Waals surface area contributed by atoms with Gasteiger partial charge >= 0.3 is 0 Å². The second-order valence-electron chi connectivity index (χ2n) is 3.82. The molecular formula is C13H11N3. The molecule has 78 valence electrons. The Balaban J connectivity index is 2.26. The lowest BCUT2D eigenvalue weighted by Crippen LogP contribution is -1.90. The smallest absolute Gasteiger partial charge is 0.162 e. The molecule has 0 aliphatic rings. The number of rotatable bonds is 1. The van der Waals surface area contributed by atoms with E-state index in [2.05, 4.69) is 22.2 Å². The number of nitrogens with zero attached hydrogens (tertiary/aromatic N) is 3. The second kappa shape index (κ2) is 3.45. The molecule has 0 unspecified atom stereocenters. The fourth-order valence-electron chi connectivity index (χ4n) is 1.79. The van der Waals surface area contributed by atoms with Crippen molar-refractivity contribution in [2.75, 3.05) is 0 Å². The summed E-state index contributed by atoms with van der Waals surface area (Å²) in [5, 5.41) is 4.31. The highest BCUT2D eigenvalue weighted by atomic mass is 15.2. The quantitative estimate of drug-likeness (QED) is 0.616. The van der Waals surface area contributed by atoms with Crippen molar-refractivity contribution in [2.45, 2.75) is 6.92 Å². The van der Waals surface area contributed by atoms with Crippen LogP contribution in [0.4, 0.5) is 0 Å². The Hall–Kier alpha value is -2.16. The summed E-state index contributed by atoms with van der Waals surface area (Å²) in [6.07, 6.45) is 5.70. The van der Waals surface area contributed by atoms with Gasteiger partial charge in [-0.05, 0) is 18.1 Å². The van der Waals surface area contributed by atoms with Crippen molar-refractivity contribution in [2.24, 2.45) is 0 Å². The third-order valence-corrected chi connectivity index (χ3v) is 2.57. The van der Waals surface area contributed by atoms with Crippen LogP contribution in [0.2, 0.25) is 0 Å². The van der Waals surface area contributed by atoms with E-state index in [1.807, 2.05) is 48.2 Å². The molecule has 0 aliphatic heterocycles. The first kappa shape index (κ1) is 9.09. The first-order valence-electron chi connectivity index (χ1n) is 5.20. The van der Waals surface area contributed by atoms with Gasteiger partial charge in [0.15, 0.2) is 5.65 Å². The maximum absolute atomic E-state index is 4.42. The molecule has 3 heteroatoms. The van der Waals surface area contributed by atoms with E-state index in [0.29, 0.717) is 0 Å². The van der Waals surface area contributed by atoms with E-state index in [0.717, 1.165) is 22.3 Å². The van der Waals surface area contributed by atoms with E-state index in [4.69, 9.17) is 0 Å². The van der Waals surface area contributed by atoms with E-state index in [1.54, 1.807) is 0 Å². The molecule has 3 aromatic rings. The van der Waals surface area contributed by atoms with Crippen molar-refractivity contribution >= 4 is 5.65 Å². The van der Waals surface area contributed by atoms with Gasteiger partial charge in [-0.3, -0.25) is 0 Å². The van der Waals surface area contributed by atoms with Gasteiger partial charge in [-0.1, -0.05) is 30.3 Å². The van der Waals surface area contributed by atoms with Gasteiger partial charge in [0.2, 0.25) is 0 Å². The van der Waals surface area contributed by atoms with Crippen molar-refractivity contribution < 1.29 is 0 Å². The molecule has 16 heavy (non-hydrogen) atoms. The Labute approximate surface area is 93.4 Å².